The Balaban J connectivity index is 2.59. The van der Waals surface area contributed by atoms with Crippen molar-refractivity contribution in [3.05, 3.63) is 6.42 Å². The molecule has 12 heavy (non-hydrogen) atoms. The van der Waals surface area contributed by atoms with Crippen molar-refractivity contribution in [2.45, 2.75) is 47.0 Å². The summed E-state index contributed by atoms with van der Waals surface area (Å²) in [5.74, 6) is 3.61. The van der Waals surface area contributed by atoms with Crippen LogP contribution in [0.1, 0.15) is 47.0 Å². The van der Waals surface area contributed by atoms with Gasteiger partial charge in [-0.05, 0) is 42.9 Å². The molecule has 0 heterocycles. The maximum atomic E-state index is 2.52. The molecular formula is C12H23. The van der Waals surface area contributed by atoms with Gasteiger partial charge in [0.15, 0.2) is 0 Å². The van der Waals surface area contributed by atoms with Crippen molar-refractivity contribution in [1.82, 2.24) is 0 Å². The van der Waals surface area contributed by atoms with E-state index in [0.29, 0.717) is 0 Å². The molecule has 0 nitrogen and oxygen atoms in total. The average Bonchev–Trinajstić information content (AvgIpc) is 2.19. The fraction of sp³-hybridized carbons (Fsp3) is 0.917. The molecule has 1 saturated carbocycles. The molecule has 1 rings (SSSR count). The van der Waals surface area contributed by atoms with E-state index in [1.54, 1.807) is 0 Å². The molecule has 0 amide bonds. The summed E-state index contributed by atoms with van der Waals surface area (Å²) in [6.07, 6.45) is 6.66. The highest BCUT2D eigenvalue weighted by Gasteiger charge is 2.28. The summed E-state index contributed by atoms with van der Waals surface area (Å²) in [4.78, 5) is 0. The van der Waals surface area contributed by atoms with Crippen molar-refractivity contribution in [1.29, 1.82) is 0 Å². The van der Waals surface area contributed by atoms with Gasteiger partial charge in [-0.2, -0.15) is 0 Å². The van der Waals surface area contributed by atoms with E-state index in [0.717, 1.165) is 23.7 Å². The number of rotatable bonds is 1. The van der Waals surface area contributed by atoms with Crippen LogP contribution in [0.5, 0.6) is 0 Å². The molecule has 0 heteroatoms. The van der Waals surface area contributed by atoms with Crippen molar-refractivity contribution in [2.75, 3.05) is 0 Å². The summed E-state index contributed by atoms with van der Waals surface area (Å²) in [6, 6.07) is 0. The van der Waals surface area contributed by atoms with Crippen LogP contribution >= 0.6 is 0 Å². The molecule has 0 aliphatic heterocycles. The molecule has 0 saturated heterocycles. The highest BCUT2D eigenvalue weighted by Crippen LogP contribution is 2.37. The average molecular weight is 167 g/mol. The topological polar surface area (TPSA) is 0 Å². The van der Waals surface area contributed by atoms with Gasteiger partial charge in [0, 0.05) is 0 Å². The zero-order valence-corrected chi connectivity index (χ0v) is 9.01. The molecule has 0 aromatic rings. The predicted molar refractivity (Wildman–Crippen MR) is 54.8 cm³/mol. The lowest BCUT2D eigenvalue weighted by atomic mass is 9.78. The lowest BCUT2D eigenvalue weighted by molar-refractivity contribution is 0.227. The summed E-state index contributed by atoms with van der Waals surface area (Å²) in [7, 11) is 0. The Labute approximate surface area is 77.7 Å². The van der Waals surface area contributed by atoms with Crippen LogP contribution in [0.4, 0.5) is 0 Å². The minimum absolute atomic E-state index is 0.830. The second kappa shape index (κ2) is 4.30. The van der Waals surface area contributed by atoms with E-state index in [9.17, 15) is 0 Å². The standard InChI is InChI=1S/C12H23/c1-5-12-8-6-7-9(2)10(3)11(12)4/h7,9-12H,5-6,8H2,1-4H3. The highest BCUT2D eigenvalue weighted by atomic mass is 14.3. The van der Waals surface area contributed by atoms with E-state index in [1.165, 1.54) is 19.3 Å². The zero-order valence-electron chi connectivity index (χ0n) is 9.01. The molecule has 1 aliphatic rings. The zero-order chi connectivity index (χ0) is 9.14. The van der Waals surface area contributed by atoms with E-state index in [2.05, 4.69) is 34.1 Å². The molecule has 1 aliphatic carbocycles. The van der Waals surface area contributed by atoms with Crippen molar-refractivity contribution in [2.24, 2.45) is 23.7 Å². The first-order valence-electron chi connectivity index (χ1n) is 5.50. The van der Waals surface area contributed by atoms with E-state index in [4.69, 9.17) is 0 Å². The van der Waals surface area contributed by atoms with Gasteiger partial charge in [0.1, 0.15) is 0 Å². The molecule has 4 unspecified atom stereocenters. The largest absolute Gasteiger partial charge is 0.0651 e. The maximum Gasteiger partial charge on any atom is -0.0355 e. The van der Waals surface area contributed by atoms with Crippen molar-refractivity contribution < 1.29 is 0 Å². The van der Waals surface area contributed by atoms with Gasteiger partial charge in [0.25, 0.3) is 0 Å². The molecule has 0 bridgehead atoms. The first-order valence-corrected chi connectivity index (χ1v) is 5.50. The van der Waals surface area contributed by atoms with Crippen LogP contribution in [0.15, 0.2) is 0 Å². The molecule has 1 fully saturated rings. The highest BCUT2D eigenvalue weighted by molar-refractivity contribution is 4.86. The third-order valence-electron chi connectivity index (χ3n) is 4.00. The fourth-order valence-electron chi connectivity index (χ4n) is 2.53. The fourth-order valence-corrected chi connectivity index (χ4v) is 2.53. The summed E-state index contributed by atoms with van der Waals surface area (Å²) >= 11 is 0. The molecule has 4 atom stereocenters. The van der Waals surface area contributed by atoms with E-state index in [-0.39, 0.29) is 0 Å². The van der Waals surface area contributed by atoms with E-state index >= 15 is 0 Å². The van der Waals surface area contributed by atoms with Gasteiger partial charge >= 0.3 is 0 Å². The SMILES string of the molecule is CCC1CC[CH]C(C)C(C)C1C. The minimum Gasteiger partial charge on any atom is -0.0651 e. The van der Waals surface area contributed by atoms with Gasteiger partial charge in [-0.1, -0.05) is 34.1 Å². The predicted octanol–water partition coefficient (Wildman–Crippen LogP) is 3.92. The van der Waals surface area contributed by atoms with Crippen LogP contribution < -0.4 is 0 Å². The lowest BCUT2D eigenvalue weighted by Crippen LogP contribution is -2.20. The second-order valence-electron chi connectivity index (χ2n) is 4.56. The maximum absolute atomic E-state index is 2.52. The Kier molecular flexibility index (Phi) is 3.61. The molecule has 0 spiro atoms. The monoisotopic (exact) mass is 167 g/mol. The smallest absolute Gasteiger partial charge is 0.0355 e. The quantitative estimate of drug-likeness (QED) is 0.519. The molecule has 71 valence electrons. The van der Waals surface area contributed by atoms with E-state index in [1.807, 2.05) is 0 Å². The van der Waals surface area contributed by atoms with Crippen LogP contribution in [0.2, 0.25) is 0 Å². The molecule has 0 aromatic carbocycles. The summed E-state index contributed by atoms with van der Waals surface area (Å²) in [6.45, 7) is 9.57. The van der Waals surface area contributed by atoms with Gasteiger partial charge < -0.3 is 0 Å². The first kappa shape index (κ1) is 10.1. The third-order valence-corrected chi connectivity index (χ3v) is 4.00. The van der Waals surface area contributed by atoms with Gasteiger partial charge in [-0.3, -0.25) is 0 Å². The van der Waals surface area contributed by atoms with Gasteiger partial charge in [0.2, 0.25) is 0 Å². The molecule has 0 aromatic heterocycles. The van der Waals surface area contributed by atoms with Gasteiger partial charge in [-0.15, -0.1) is 0 Å². The van der Waals surface area contributed by atoms with Crippen LogP contribution in [-0.4, -0.2) is 0 Å². The molecular weight excluding hydrogens is 144 g/mol. The van der Waals surface area contributed by atoms with Crippen LogP contribution in [0, 0.1) is 30.1 Å². The van der Waals surface area contributed by atoms with Crippen molar-refractivity contribution >= 4 is 0 Å². The van der Waals surface area contributed by atoms with Gasteiger partial charge in [-0.25, -0.2) is 0 Å². The molecule has 1 radical (unpaired) electrons. The summed E-state index contributed by atoms with van der Waals surface area (Å²) < 4.78 is 0. The summed E-state index contributed by atoms with van der Waals surface area (Å²) in [5.41, 5.74) is 0. The summed E-state index contributed by atoms with van der Waals surface area (Å²) in [5, 5.41) is 0. The van der Waals surface area contributed by atoms with Crippen molar-refractivity contribution in [3.63, 3.8) is 0 Å². The Hall–Kier alpha value is 0. The van der Waals surface area contributed by atoms with Crippen LogP contribution in [0.3, 0.4) is 0 Å². The Morgan fingerprint density at radius 3 is 2.42 bits per heavy atom. The first-order chi connectivity index (χ1) is 5.66. The van der Waals surface area contributed by atoms with Crippen LogP contribution in [0.25, 0.3) is 0 Å². The molecule has 0 N–H and O–H groups in total. The minimum atomic E-state index is 0.830. The van der Waals surface area contributed by atoms with Gasteiger partial charge in [0.05, 0.1) is 0 Å². The lowest BCUT2D eigenvalue weighted by Gasteiger charge is -2.27. The number of hydrogen-bond acceptors (Lipinski definition) is 0. The Morgan fingerprint density at radius 2 is 1.83 bits per heavy atom. The second-order valence-corrected chi connectivity index (χ2v) is 4.56. The van der Waals surface area contributed by atoms with E-state index < -0.39 is 0 Å². The Bertz CT molecular complexity index is 126. The third kappa shape index (κ3) is 2.02. The number of hydrogen-bond donors (Lipinski definition) is 0. The Morgan fingerprint density at radius 1 is 1.17 bits per heavy atom. The normalized spacial score (nSPS) is 44.0. The van der Waals surface area contributed by atoms with Crippen LogP contribution in [-0.2, 0) is 0 Å². The van der Waals surface area contributed by atoms with Crippen molar-refractivity contribution in [3.8, 4) is 0 Å².